The first-order valence-electron chi connectivity index (χ1n) is 4.33. The first-order chi connectivity index (χ1) is 7.59. The number of carbonyl (C=O) groups excluding carboxylic acids is 1. The lowest BCUT2D eigenvalue weighted by Gasteiger charge is -1.98. The van der Waals surface area contributed by atoms with Gasteiger partial charge in [0.2, 0.25) is 5.78 Å². The van der Waals surface area contributed by atoms with Gasteiger partial charge in [-0.3, -0.25) is 4.79 Å². The normalized spacial score (nSPS) is 10.4. The molecule has 1 aromatic carbocycles. The second kappa shape index (κ2) is 4.77. The van der Waals surface area contributed by atoms with Crippen LogP contribution >= 0.6 is 43.2 Å². The zero-order chi connectivity index (χ0) is 11.7. The van der Waals surface area contributed by atoms with Crippen LogP contribution in [-0.4, -0.2) is 5.78 Å². The van der Waals surface area contributed by atoms with Crippen molar-refractivity contribution in [3.8, 4) is 0 Å². The Morgan fingerprint density at radius 1 is 1.25 bits per heavy atom. The van der Waals surface area contributed by atoms with Crippen molar-refractivity contribution in [1.29, 1.82) is 0 Å². The van der Waals surface area contributed by atoms with E-state index in [9.17, 15) is 9.18 Å². The summed E-state index contributed by atoms with van der Waals surface area (Å²) in [7, 11) is 0. The summed E-state index contributed by atoms with van der Waals surface area (Å²) >= 11 is 7.87. The topological polar surface area (TPSA) is 17.1 Å². The van der Waals surface area contributed by atoms with Gasteiger partial charge in [0.25, 0.3) is 0 Å². The average Bonchev–Trinajstić information content (AvgIpc) is 2.59. The van der Waals surface area contributed by atoms with Crippen molar-refractivity contribution in [3.63, 3.8) is 0 Å². The summed E-state index contributed by atoms with van der Waals surface area (Å²) in [4.78, 5) is 12.5. The zero-order valence-electron chi connectivity index (χ0n) is 7.84. The molecule has 0 fully saturated rings. The predicted molar refractivity (Wildman–Crippen MR) is 69.6 cm³/mol. The first kappa shape index (κ1) is 12.0. The van der Waals surface area contributed by atoms with Crippen LogP contribution in [0.3, 0.4) is 0 Å². The Morgan fingerprint density at radius 3 is 2.50 bits per heavy atom. The van der Waals surface area contributed by atoms with Gasteiger partial charge in [-0.2, -0.15) is 0 Å². The number of hydrogen-bond acceptors (Lipinski definition) is 2. The Kier molecular flexibility index (Phi) is 3.56. The molecule has 0 spiro atoms. The number of thiophene rings is 1. The first-order valence-corrected chi connectivity index (χ1v) is 6.74. The molecule has 5 heteroatoms. The van der Waals surface area contributed by atoms with Crippen LogP contribution in [0.4, 0.5) is 4.39 Å². The molecule has 0 saturated heterocycles. The molecule has 0 radical (unpaired) electrons. The number of benzene rings is 1. The monoisotopic (exact) mass is 362 g/mol. The molecule has 0 atom stereocenters. The van der Waals surface area contributed by atoms with Gasteiger partial charge in [0.15, 0.2) is 0 Å². The van der Waals surface area contributed by atoms with Crippen molar-refractivity contribution in [1.82, 2.24) is 0 Å². The van der Waals surface area contributed by atoms with Gasteiger partial charge in [0, 0.05) is 4.47 Å². The standard InChI is InChI=1S/C11H5Br2FOS/c12-7-5-9(16-11(7)13)10(15)6-3-1-2-4-8(6)14/h1-5H. The summed E-state index contributed by atoms with van der Waals surface area (Å²) in [6.07, 6.45) is 0. The molecule has 16 heavy (non-hydrogen) atoms. The summed E-state index contributed by atoms with van der Waals surface area (Å²) < 4.78 is 15.0. The van der Waals surface area contributed by atoms with E-state index in [1.165, 1.54) is 23.5 Å². The quantitative estimate of drug-likeness (QED) is 0.710. The molecule has 0 aliphatic carbocycles. The van der Waals surface area contributed by atoms with E-state index in [1.54, 1.807) is 18.2 Å². The summed E-state index contributed by atoms with van der Waals surface area (Å²) in [5, 5.41) is 0. The lowest BCUT2D eigenvalue weighted by Crippen LogP contribution is -2.01. The highest BCUT2D eigenvalue weighted by Crippen LogP contribution is 2.33. The van der Waals surface area contributed by atoms with Crippen LogP contribution in [0.25, 0.3) is 0 Å². The van der Waals surface area contributed by atoms with E-state index in [0.717, 1.165) is 8.26 Å². The van der Waals surface area contributed by atoms with Gasteiger partial charge < -0.3 is 0 Å². The lowest BCUT2D eigenvalue weighted by atomic mass is 10.1. The van der Waals surface area contributed by atoms with Crippen molar-refractivity contribution in [2.45, 2.75) is 0 Å². The fourth-order valence-corrected chi connectivity index (χ4v) is 3.23. The molecule has 1 nitrogen and oxygen atoms in total. The lowest BCUT2D eigenvalue weighted by molar-refractivity contribution is 0.103. The second-order valence-corrected chi connectivity index (χ2v) is 6.27. The van der Waals surface area contributed by atoms with E-state index in [1.807, 2.05) is 0 Å². The van der Waals surface area contributed by atoms with Gasteiger partial charge in [-0.1, -0.05) is 12.1 Å². The molecule has 0 unspecified atom stereocenters. The van der Waals surface area contributed by atoms with Gasteiger partial charge >= 0.3 is 0 Å². The molecule has 0 bridgehead atoms. The molecule has 0 saturated carbocycles. The van der Waals surface area contributed by atoms with E-state index in [0.29, 0.717) is 4.88 Å². The van der Waals surface area contributed by atoms with Gasteiger partial charge in [-0.05, 0) is 50.1 Å². The summed E-state index contributed by atoms with van der Waals surface area (Å²) in [5.74, 6) is -0.789. The molecular formula is C11H5Br2FOS. The molecule has 1 aromatic heterocycles. The number of hydrogen-bond donors (Lipinski definition) is 0. The summed E-state index contributed by atoms with van der Waals surface area (Å²) in [6.45, 7) is 0. The fraction of sp³-hybridized carbons (Fsp3) is 0. The molecule has 1 heterocycles. The van der Waals surface area contributed by atoms with Crippen LogP contribution < -0.4 is 0 Å². The SMILES string of the molecule is O=C(c1cc(Br)c(Br)s1)c1ccccc1F. The molecule has 2 rings (SSSR count). The van der Waals surface area contributed by atoms with E-state index in [-0.39, 0.29) is 11.3 Å². The van der Waals surface area contributed by atoms with Crippen molar-refractivity contribution in [2.24, 2.45) is 0 Å². The van der Waals surface area contributed by atoms with Crippen LogP contribution in [-0.2, 0) is 0 Å². The number of carbonyl (C=O) groups is 1. The highest BCUT2D eigenvalue weighted by atomic mass is 79.9. The minimum absolute atomic E-state index is 0.101. The van der Waals surface area contributed by atoms with Crippen molar-refractivity contribution >= 4 is 49.0 Å². The van der Waals surface area contributed by atoms with E-state index in [4.69, 9.17) is 0 Å². The van der Waals surface area contributed by atoms with E-state index in [2.05, 4.69) is 31.9 Å². The third-order valence-electron chi connectivity index (χ3n) is 1.99. The molecule has 0 aliphatic heterocycles. The molecule has 0 aliphatic rings. The Hall–Kier alpha value is -0.520. The summed E-state index contributed by atoms with van der Waals surface area (Å²) in [5.41, 5.74) is 0.101. The Morgan fingerprint density at radius 2 is 1.94 bits per heavy atom. The highest BCUT2D eigenvalue weighted by Gasteiger charge is 2.16. The highest BCUT2D eigenvalue weighted by molar-refractivity contribution is 9.13. The number of halogens is 3. The van der Waals surface area contributed by atoms with Crippen molar-refractivity contribution in [3.05, 3.63) is 54.8 Å². The minimum atomic E-state index is -0.492. The van der Waals surface area contributed by atoms with Gasteiger partial charge in [-0.25, -0.2) is 4.39 Å². The third-order valence-corrected chi connectivity index (χ3v) is 5.24. The molecular weight excluding hydrogens is 359 g/mol. The van der Waals surface area contributed by atoms with Crippen LogP contribution in [0.2, 0.25) is 0 Å². The number of ketones is 1. The fourth-order valence-electron chi connectivity index (χ4n) is 1.24. The second-order valence-electron chi connectivity index (χ2n) is 3.04. The van der Waals surface area contributed by atoms with E-state index >= 15 is 0 Å². The van der Waals surface area contributed by atoms with Gasteiger partial charge in [0.1, 0.15) is 5.82 Å². The number of rotatable bonds is 2. The van der Waals surface area contributed by atoms with Crippen molar-refractivity contribution in [2.75, 3.05) is 0 Å². The molecule has 0 amide bonds. The zero-order valence-corrected chi connectivity index (χ0v) is 11.8. The molecule has 82 valence electrons. The smallest absolute Gasteiger partial charge is 0.205 e. The van der Waals surface area contributed by atoms with Crippen LogP contribution in [0, 0.1) is 5.82 Å². The summed E-state index contributed by atoms with van der Waals surface area (Å²) in [6, 6.07) is 7.66. The maximum absolute atomic E-state index is 13.4. The maximum atomic E-state index is 13.4. The van der Waals surface area contributed by atoms with Crippen LogP contribution in [0.1, 0.15) is 15.2 Å². The van der Waals surface area contributed by atoms with Gasteiger partial charge in [0.05, 0.1) is 14.2 Å². The Labute approximate surface area is 113 Å². The van der Waals surface area contributed by atoms with E-state index < -0.39 is 5.82 Å². The van der Waals surface area contributed by atoms with Gasteiger partial charge in [-0.15, -0.1) is 11.3 Å². The van der Waals surface area contributed by atoms with Crippen LogP contribution in [0.15, 0.2) is 38.6 Å². The van der Waals surface area contributed by atoms with Crippen LogP contribution in [0.5, 0.6) is 0 Å². The average molecular weight is 364 g/mol. The molecule has 0 N–H and O–H groups in total. The Balaban J connectivity index is 2.43. The van der Waals surface area contributed by atoms with Crippen molar-refractivity contribution < 1.29 is 9.18 Å². The largest absolute Gasteiger partial charge is 0.288 e. The Bertz CT molecular complexity index is 531. The minimum Gasteiger partial charge on any atom is -0.288 e. The molecule has 2 aromatic rings. The maximum Gasteiger partial charge on any atom is 0.205 e. The predicted octanol–water partition coefficient (Wildman–Crippen LogP) is 4.64. The third kappa shape index (κ3) is 2.26.